The van der Waals surface area contributed by atoms with E-state index < -0.39 is 21.2 Å². The average molecular weight is 352 g/mol. The third-order valence-corrected chi connectivity index (χ3v) is 5.96. The van der Waals surface area contributed by atoms with Crippen LogP contribution in [0.25, 0.3) is 0 Å². The smallest absolute Gasteiger partial charge is 0.335 e. The fourth-order valence-electron chi connectivity index (χ4n) is 2.40. The number of carboxylic acids is 1. The van der Waals surface area contributed by atoms with E-state index in [-0.39, 0.29) is 21.3 Å². The number of hydrogen-bond acceptors (Lipinski definition) is 3. The van der Waals surface area contributed by atoms with E-state index in [0.717, 1.165) is 19.3 Å². The van der Waals surface area contributed by atoms with Crippen molar-refractivity contribution in [3.63, 3.8) is 0 Å². The van der Waals surface area contributed by atoms with Gasteiger partial charge < -0.3 is 5.11 Å². The first kappa shape index (κ1) is 16.4. The van der Waals surface area contributed by atoms with Gasteiger partial charge in [0.05, 0.1) is 26.5 Å². The number of aromatic carboxylic acids is 1. The molecule has 5 nitrogen and oxygen atoms in total. The molecule has 21 heavy (non-hydrogen) atoms. The summed E-state index contributed by atoms with van der Waals surface area (Å²) in [5.41, 5.74) is -0.0560. The number of anilines is 1. The van der Waals surface area contributed by atoms with E-state index in [4.69, 9.17) is 28.3 Å². The van der Waals surface area contributed by atoms with E-state index in [0.29, 0.717) is 12.8 Å². The normalized spacial score (nSPS) is 16.7. The second-order valence-electron chi connectivity index (χ2n) is 5.03. The number of sulfonamides is 1. The molecular weight excluding hydrogens is 337 g/mol. The molecule has 1 aromatic carbocycles. The molecule has 1 aliphatic rings. The van der Waals surface area contributed by atoms with Crippen molar-refractivity contribution in [2.75, 3.05) is 4.72 Å². The summed E-state index contributed by atoms with van der Waals surface area (Å²) in [7, 11) is -3.58. The van der Waals surface area contributed by atoms with Crippen LogP contribution in [-0.2, 0) is 10.0 Å². The predicted molar refractivity (Wildman–Crippen MR) is 82.8 cm³/mol. The average Bonchev–Trinajstić information content (AvgIpc) is 2.43. The predicted octanol–water partition coefficient (Wildman–Crippen LogP) is 3.77. The molecular formula is C13H15Cl2NO4S. The van der Waals surface area contributed by atoms with E-state index in [1.165, 1.54) is 12.1 Å². The lowest BCUT2D eigenvalue weighted by Crippen LogP contribution is -2.30. The van der Waals surface area contributed by atoms with Crippen LogP contribution < -0.4 is 4.72 Å². The Balaban J connectivity index is 2.28. The number of halogens is 2. The Kier molecular flexibility index (Phi) is 5.01. The van der Waals surface area contributed by atoms with Gasteiger partial charge in [-0.05, 0) is 25.0 Å². The first-order valence-electron chi connectivity index (χ1n) is 6.55. The molecule has 8 heteroatoms. The summed E-state index contributed by atoms with van der Waals surface area (Å²) in [5.74, 6) is -1.18. The lowest BCUT2D eigenvalue weighted by molar-refractivity contribution is 0.0697. The van der Waals surface area contributed by atoms with E-state index >= 15 is 0 Å². The van der Waals surface area contributed by atoms with Crippen LogP contribution in [0.5, 0.6) is 0 Å². The summed E-state index contributed by atoms with van der Waals surface area (Å²) in [6, 6.07) is 2.35. The van der Waals surface area contributed by atoms with E-state index in [2.05, 4.69) is 4.72 Å². The third kappa shape index (κ3) is 3.81. The van der Waals surface area contributed by atoms with E-state index in [1.54, 1.807) is 0 Å². The van der Waals surface area contributed by atoms with Gasteiger partial charge >= 0.3 is 5.97 Å². The highest BCUT2D eigenvalue weighted by molar-refractivity contribution is 7.93. The molecule has 1 aliphatic carbocycles. The van der Waals surface area contributed by atoms with Crippen molar-refractivity contribution >= 4 is 44.9 Å². The second kappa shape index (κ2) is 6.42. The van der Waals surface area contributed by atoms with Crippen molar-refractivity contribution < 1.29 is 18.3 Å². The zero-order chi connectivity index (χ0) is 15.6. The summed E-state index contributed by atoms with van der Waals surface area (Å²) in [5, 5.41) is 8.39. The molecule has 0 aromatic heterocycles. The Hall–Kier alpha value is -0.980. The summed E-state index contributed by atoms with van der Waals surface area (Å²) >= 11 is 11.9. The number of carbonyl (C=O) groups is 1. The molecule has 0 unspecified atom stereocenters. The molecule has 116 valence electrons. The molecule has 2 rings (SSSR count). The molecule has 0 bridgehead atoms. The van der Waals surface area contributed by atoms with Crippen LogP contribution in [0, 0.1) is 0 Å². The Labute approximate surface area is 133 Å². The van der Waals surface area contributed by atoms with E-state index in [1.807, 2.05) is 0 Å². The van der Waals surface area contributed by atoms with Crippen LogP contribution in [-0.4, -0.2) is 24.7 Å². The van der Waals surface area contributed by atoms with Crippen molar-refractivity contribution in [3.8, 4) is 0 Å². The highest BCUT2D eigenvalue weighted by Gasteiger charge is 2.28. The zero-order valence-corrected chi connectivity index (χ0v) is 13.4. The summed E-state index contributed by atoms with van der Waals surface area (Å²) in [6.45, 7) is 0. The zero-order valence-electron chi connectivity index (χ0n) is 11.1. The SMILES string of the molecule is O=C(O)c1cc(Cl)c(NS(=O)(=O)C2CCCCC2)c(Cl)c1. The number of rotatable bonds is 4. The largest absolute Gasteiger partial charge is 0.478 e. The van der Waals surface area contributed by atoms with Crippen LogP contribution >= 0.6 is 23.2 Å². The molecule has 0 amide bonds. The van der Waals surface area contributed by atoms with E-state index in [9.17, 15) is 13.2 Å². The van der Waals surface area contributed by atoms with Crippen molar-refractivity contribution in [1.82, 2.24) is 0 Å². The maximum Gasteiger partial charge on any atom is 0.335 e. The maximum atomic E-state index is 12.3. The molecule has 0 heterocycles. The minimum Gasteiger partial charge on any atom is -0.478 e. The van der Waals surface area contributed by atoms with Crippen molar-refractivity contribution in [1.29, 1.82) is 0 Å². The number of carboxylic acid groups (broad SMARTS) is 1. The molecule has 0 atom stereocenters. The molecule has 0 spiro atoms. The van der Waals surface area contributed by atoms with Gasteiger partial charge in [-0.2, -0.15) is 0 Å². The second-order valence-corrected chi connectivity index (χ2v) is 7.80. The van der Waals surface area contributed by atoms with Crippen LogP contribution in [0.15, 0.2) is 12.1 Å². The Morgan fingerprint density at radius 1 is 1.14 bits per heavy atom. The number of nitrogens with one attached hydrogen (secondary N) is 1. The fraction of sp³-hybridized carbons (Fsp3) is 0.462. The summed E-state index contributed by atoms with van der Waals surface area (Å²) < 4.78 is 27.1. The van der Waals surface area contributed by atoms with Gasteiger partial charge in [-0.3, -0.25) is 4.72 Å². The van der Waals surface area contributed by atoms with Gasteiger partial charge in [0, 0.05) is 0 Å². The first-order chi connectivity index (χ1) is 9.81. The standard InChI is InChI=1S/C13H15Cl2NO4S/c14-10-6-8(13(17)18)7-11(15)12(10)16-21(19,20)9-4-2-1-3-5-9/h6-7,9,16H,1-5H2,(H,17,18). The molecule has 1 saturated carbocycles. The Morgan fingerprint density at radius 3 is 2.14 bits per heavy atom. The van der Waals surface area contributed by atoms with Crippen molar-refractivity contribution in [2.24, 2.45) is 0 Å². The molecule has 1 aromatic rings. The number of hydrogen-bond donors (Lipinski definition) is 2. The topological polar surface area (TPSA) is 83.5 Å². The van der Waals surface area contributed by atoms with Gasteiger partial charge in [-0.25, -0.2) is 13.2 Å². The monoisotopic (exact) mass is 351 g/mol. The highest BCUT2D eigenvalue weighted by atomic mass is 35.5. The van der Waals surface area contributed by atoms with Gasteiger partial charge in [0.2, 0.25) is 10.0 Å². The van der Waals surface area contributed by atoms with Crippen LogP contribution in [0.2, 0.25) is 10.0 Å². The minimum atomic E-state index is -3.58. The quantitative estimate of drug-likeness (QED) is 0.864. The van der Waals surface area contributed by atoms with Gasteiger partial charge in [0.1, 0.15) is 0 Å². The van der Waals surface area contributed by atoms with Gasteiger partial charge in [-0.15, -0.1) is 0 Å². The fourth-order valence-corrected chi connectivity index (χ4v) is 4.71. The van der Waals surface area contributed by atoms with Crippen molar-refractivity contribution in [3.05, 3.63) is 27.7 Å². The molecule has 0 aliphatic heterocycles. The minimum absolute atomic E-state index is 0.0284. The number of benzene rings is 1. The Bertz CT molecular complexity index is 631. The summed E-state index contributed by atoms with van der Waals surface area (Å²) in [4.78, 5) is 10.9. The summed E-state index contributed by atoms with van der Waals surface area (Å²) in [6.07, 6.45) is 4.02. The third-order valence-electron chi connectivity index (χ3n) is 3.52. The molecule has 0 saturated heterocycles. The van der Waals surface area contributed by atoms with Crippen LogP contribution in [0.3, 0.4) is 0 Å². The highest BCUT2D eigenvalue weighted by Crippen LogP contribution is 2.34. The lowest BCUT2D eigenvalue weighted by atomic mass is 10.0. The molecule has 0 radical (unpaired) electrons. The Morgan fingerprint density at radius 2 is 1.67 bits per heavy atom. The molecule has 1 fully saturated rings. The van der Waals surface area contributed by atoms with Crippen molar-refractivity contribution in [2.45, 2.75) is 37.4 Å². The van der Waals surface area contributed by atoms with Crippen LogP contribution in [0.1, 0.15) is 42.5 Å². The first-order valence-corrected chi connectivity index (χ1v) is 8.85. The maximum absolute atomic E-state index is 12.3. The van der Waals surface area contributed by atoms with Gasteiger partial charge in [-0.1, -0.05) is 42.5 Å². The molecule has 2 N–H and O–H groups in total. The van der Waals surface area contributed by atoms with Gasteiger partial charge in [0.15, 0.2) is 0 Å². The van der Waals surface area contributed by atoms with Gasteiger partial charge in [0.25, 0.3) is 0 Å². The van der Waals surface area contributed by atoms with Crippen LogP contribution in [0.4, 0.5) is 5.69 Å². The lowest BCUT2D eigenvalue weighted by Gasteiger charge is -2.23.